The van der Waals surface area contributed by atoms with Gasteiger partial charge in [0.15, 0.2) is 0 Å². The van der Waals surface area contributed by atoms with Gasteiger partial charge in [-0.1, -0.05) is 18.6 Å². The fraction of sp³-hybridized carbons (Fsp3) is 0.571. The Hall–Kier alpha value is -1.21. The molecule has 1 aromatic carbocycles. The predicted octanol–water partition coefficient (Wildman–Crippen LogP) is 2.26. The summed E-state index contributed by atoms with van der Waals surface area (Å²) in [5.74, 6) is -3.40. The quantitative estimate of drug-likeness (QED) is 0.905. The van der Waals surface area contributed by atoms with E-state index in [4.69, 9.17) is 0 Å². The first-order valence-corrected chi connectivity index (χ1v) is 8.53. The van der Waals surface area contributed by atoms with Crippen LogP contribution in [0.1, 0.15) is 19.3 Å². The smallest absolute Gasteiger partial charge is 0.341 e. The largest absolute Gasteiger partial charge is 0.372 e. The molecule has 1 saturated heterocycles. The summed E-state index contributed by atoms with van der Waals surface area (Å²) >= 11 is 0. The molecule has 118 valence electrons. The standard InChI is InChI=1S/C14H20F2N2O2S/c1-18(10-11-6-4-5-9-17-11)12-7-2-3-8-13(12)21(19,20)14(15)16/h2-3,7-8,11,14,17H,4-6,9-10H2,1H3. The number of benzene rings is 1. The van der Waals surface area contributed by atoms with Crippen LogP contribution in [-0.2, 0) is 9.84 Å². The SMILES string of the molecule is CN(CC1CCCCN1)c1ccccc1S(=O)(=O)C(F)F. The number of alkyl halides is 2. The molecule has 21 heavy (non-hydrogen) atoms. The fourth-order valence-electron chi connectivity index (χ4n) is 2.62. The molecule has 0 spiro atoms. The number of likely N-dealkylation sites (N-methyl/N-ethyl adjacent to an activating group) is 1. The molecule has 0 aromatic heterocycles. The van der Waals surface area contributed by atoms with Gasteiger partial charge in [-0.05, 0) is 31.5 Å². The van der Waals surface area contributed by atoms with Gasteiger partial charge >= 0.3 is 5.76 Å². The average molecular weight is 318 g/mol. The van der Waals surface area contributed by atoms with Crippen molar-refractivity contribution < 1.29 is 17.2 Å². The van der Waals surface area contributed by atoms with Crippen molar-refractivity contribution in [3.05, 3.63) is 24.3 Å². The van der Waals surface area contributed by atoms with Gasteiger partial charge < -0.3 is 10.2 Å². The lowest BCUT2D eigenvalue weighted by atomic mass is 10.0. The molecule has 0 amide bonds. The molecular formula is C14H20F2N2O2S. The zero-order valence-electron chi connectivity index (χ0n) is 11.9. The Morgan fingerprint density at radius 3 is 2.67 bits per heavy atom. The van der Waals surface area contributed by atoms with Crippen molar-refractivity contribution >= 4 is 15.5 Å². The van der Waals surface area contributed by atoms with E-state index >= 15 is 0 Å². The minimum Gasteiger partial charge on any atom is -0.372 e. The van der Waals surface area contributed by atoms with Gasteiger partial charge in [0.05, 0.1) is 10.6 Å². The van der Waals surface area contributed by atoms with E-state index in [9.17, 15) is 17.2 Å². The van der Waals surface area contributed by atoms with Crippen LogP contribution >= 0.6 is 0 Å². The zero-order chi connectivity index (χ0) is 15.5. The maximum Gasteiger partial charge on any atom is 0.341 e. The minimum absolute atomic E-state index is 0.256. The van der Waals surface area contributed by atoms with E-state index in [-0.39, 0.29) is 10.9 Å². The van der Waals surface area contributed by atoms with Crippen LogP contribution in [-0.4, -0.2) is 40.4 Å². The van der Waals surface area contributed by atoms with Gasteiger partial charge in [0.1, 0.15) is 0 Å². The predicted molar refractivity (Wildman–Crippen MR) is 78.5 cm³/mol. The summed E-state index contributed by atoms with van der Waals surface area (Å²) in [7, 11) is -2.86. The second kappa shape index (κ2) is 6.70. The number of hydrogen-bond acceptors (Lipinski definition) is 4. The molecule has 4 nitrogen and oxygen atoms in total. The third-order valence-corrected chi connectivity index (χ3v) is 5.15. The normalized spacial score (nSPS) is 19.7. The lowest BCUT2D eigenvalue weighted by Gasteiger charge is -2.30. The van der Waals surface area contributed by atoms with Crippen LogP contribution in [0.4, 0.5) is 14.5 Å². The Kier molecular flexibility index (Phi) is 5.16. The summed E-state index contributed by atoms with van der Waals surface area (Å²) in [6.07, 6.45) is 3.27. The number of hydrogen-bond donors (Lipinski definition) is 1. The second-order valence-corrected chi connectivity index (χ2v) is 7.19. The van der Waals surface area contributed by atoms with Crippen molar-refractivity contribution in [2.45, 2.75) is 36.0 Å². The number of anilines is 1. The molecule has 7 heteroatoms. The third-order valence-electron chi connectivity index (χ3n) is 3.72. The first-order valence-electron chi connectivity index (χ1n) is 6.98. The molecule has 1 aliphatic heterocycles. The van der Waals surface area contributed by atoms with Crippen LogP contribution < -0.4 is 10.2 Å². The molecule has 1 atom stereocenters. The van der Waals surface area contributed by atoms with Gasteiger partial charge in [-0.3, -0.25) is 0 Å². The molecule has 0 bridgehead atoms. The number of para-hydroxylation sites is 1. The Morgan fingerprint density at radius 2 is 2.05 bits per heavy atom. The van der Waals surface area contributed by atoms with E-state index in [1.165, 1.54) is 12.1 Å². The molecule has 1 aliphatic rings. The molecule has 1 fully saturated rings. The van der Waals surface area contributed by atoms with Crippen LogP contribution in [0.2, 0.25) is 0 Å². The maximum atomic E-state index is 12.8. The Labute approximate surface area is 124 Å². The zero-order valence-corrected chi connectivity index (χ0v) is 12.7. The number of halogens is 2. The molecule has 1 aromatic rings. The monoisotopic (exact) mass is 318 g/mol. The summed E-state index contributed by atoms with van der Waals surface area (Å²) in [5.41, 5.74) is 0.324. The number of rotatable bonds is 5. The van der Waals surface area contributed by atoms with Crippen molar-refractivity contribution in [3.8, 4) is 0 Å². The first kappa shape index (κ1) is 16.2. The highest BCUT2D eigenvalue weighted by Gasteiger charge is 2.30. The van der Waals surface area contributed by atoms with Crippen molar-refractivity contribution in [1.29, 1.82) is 0 Å². The maximum absolute atomic E-state index is 12.8. The molecule has 2 rings (SSSR count). The van der Waals surface area contributed by atoms with E-state index in [1.54, 1.807) is 24.1 Å². The number of piperidine rings is 1. The number of nitrogens with one attached hydrogen (secondary N) is 1. The summed E-state index contributed by atoms with van der Waals surface area (Å²) in [4.78, 5) is 1.43. The van der Waals surface area contributed by atoms with Gasteiger partial charge in [0.25, 0.3) is 0 Å². The van der Waals surface area contributed by atoms with E-state index in [2.05, 4.69) is 5.32 Å². The van der Waals surface area contributed by atoms with Crippen molar-refractivity contribution in [1.82, 2.24) is 5.32 Å². The summed E-state index contributed by atoms with van der Waals surface area (Å²) in [5, 5.41) is 3.36. The number of nitrogens with zero attached hydrogens (tertiary/aromatic N) is 1. The average Bonchev–Trinajstić information content (AvgIpc) is 2.48. The molecule has 1 heterocycles. The Balaban J connectivity index is 2.23. The number of sulfone groups is 1. The lowest BCUT2D eigenvalue weighted by Crippen LogP contribution is -2.42. The molecule has 0 saturated carbocycles. The highest BCUT2D eigenvalue weighted by atomic mass is 32.2. The van der Waals surface area contributed by atoms with Crippen LogP contribution in [0.25, 0.3) is 0 Å². The van der Waals surface area contributed by atoms with Crippen LogP contribution in [0.15, 0.2) is 29.2 Å². The topological polar surface area (TPSA) is 49.4 Å². The molecule has 1 unspecified atom stereocenters. The van der Waals surface area contributed by atoms with Gasteiger partial charge in [-0.15, -0.1) is 0 Å². The van der Waals surface area contributed by atoms with Crippen molar-refractivity contribution in [2.24, 2.45) is 0 Å². The summed E-state index contributed by atoms with van der Waals surface area (Å²) in [6.45, 7) is 1.53. The molecule has 0 radical (unpaired) electrons. The molecular weight excluding hydrogens is 298 g/mol. The van der Waals surface area contributed by atoms with Gasteiger partial charge in [-0.25, -0.2) is 8.42 Å². The van der Waals surface area contributed by atoms with Crippen LogP contribution in [0.3, 0.4) is 0 Å². The van der Waals surface area contributed by atoms with Crippen LogP contribution in [0, 0.1) is 0 Å². The fourth-order valence-corrected chi connectivity index (χ4v) is 3.59. The van der Waals surface area contributed by atoms with Gasteiger partial charge in [0, 0.05) is 19.6 Å². The van der Waals surface area contributed by atoms with E-state index in [0.717, 1.165) is 25.8 Å². The minimum atomic E-state index is -4.59. The van der Waals surface area contributed by atoms with E-state index in [0.29, 0.717) is 12.2 Å². The first-order chi connectivity index (χ1) is 9.93. The van der Waals surface area contributed by atoms with Crippen molar-refractivity contribution in [2.75, 3.05) is 25.0 Å². The van der Waals surface area contributed by atoms with Crippen LogP contribution in [0.5, 0.6) is 0 Å². The molecule has 0 aliphatic carbocycles. The second-order valence-electron chi connectivity index (χ2n) is 5.30. The third kappa shape index (κ3) is 3.71. The Morgan fingerprint density at radius 1 is 1.33 bits per heavy atom. The summed E-state index contributed by atoms with van der Waals surface area (Å²) in [6, 6.07) is 6.18. The van der Waals surface area contributed by atoms with Gasteiger partial charge in [-0.2, -0.15) is 8.78 Å². The van der Waals surface area contributed by atoms with Crippen molar-refractivity contribution in [3.63, 3.8) is 0 Å². The van der Waals surface area contributed by atoms with E-state index in [1.807, 2.05) is 0 Å². The van der Waals surface area contributed by atoms with Gasteiger partial charge in [0.2, 0.25) is 9.84 Å². The van der Waals surface area contributed by atoms with E-state index < -0.39 is 15.6 Å². The highest BCUT2D eigenvalue weighted by molar-refractivity contribution is 7.91. The lowest BCUT2D eigenvalue weighted by molar-refractivity contribution is 0.235. The molecule has 1 N–H and O–H groups in total. The highest BCUT2D eigenvalue weighted by Crippen LogP contribution is 2.28. The summed E-state index contributed by atoms with van der Waals surface area (Å²) < 4.78 is 49.1. The Bertz CT molecular complexity index is 572.